The van der Waals surface area contributed by atoms with Crippen LogP contribution in [-0.4, -0.2) is 39.2 Å². The highest BCUT2D eigenvalue weighted by Crippen LogP contribution is 2.26. The van der Waals surface area contributed by atoms with Gasteiger partial charge in [-0.3, -0.25) is 4.79 Å². The van der Waals surface area contributed by atoms with E-state index in [1.165, 1.54) is 18.2 Å². The smallest absolute Gasteiger partial charge is 0.338 e. The summed E-state index contributed by atoms with van der Waals surface area (Å²) in [4.78, 5) is 35.3. The number of hydrogen-bond acceptors (Lipinski definition) is 7. The first kappa shape index (κ1) is 16.2. The van der Waals surface area contributed by atoms with Crippen LogP contribution in [0.1, 0.15) is 32.2 Å². The molecular formula is C14H13NO6. The van der Waals surface area contributed by atoms with Crippen LogP contribution in [0.15, 0.2) is 18.2 Å². The third-order valence-electron chi connectivity index (χ3n) is 2.77. The van der Waals surface area contributed by atoms with Gasteiger partial charge in [0, 0.05) is 5.56 Å². The second-order valence-corrected chi connectivity index (χ2v) is 3.84. The number of carbonyl (C=O) groups is 3. The summed E-state index contributed by atoms with van der Waals surface area (Å²) < 4.78 is 13.7. The van der Waals surface area contributed by atoms with Gasteiger partial charge in [-0.2, -0.15) is 5.26 Å². The van der Waals surface area contributed by atoms with E-state index in [4.69, 9.17) is 0 Å². The number of nitrogens with zero attached hydrogens (tertiary/aromatic N) is 1. The van der Waals surface area contributed by atoms with Crippen LogP contribution in [-0.2, 0) is 19.0 Å². The molecule has 1 unspecified atom stereocenters. The predicted octanol–water partition coefficient (Wildman–Crippen LogP) is 1.04. The molecule has 0 aliphatic rings. The molecule has 0 fully saturated rings. The second-order valence-electron chi connectivity index (χ2n) is 3.84. The maximum Gasteiger partial charge on any atom is 0.338 e. The van der Waals surface area contributed by atoms with Gasteiger partial charge in [0.25, 0.3) is 0 Å². The van der Waals surface area contributed by atoms with Gasteiger partial charge in [0.1, 0.15) is 0 Å². The Morgan fingerprint density at radius 2 is 1.48 bits per heavy atom. The maximum absolute atomic E-state index is 11.8. The minimum absolute atomic E-state index is 0.0719. The highest BCUT2D eigenvalue weighted by atomic mass is 16.5. The van der Waals surface area contributed by atoms with Crippen LogP contribution in [0.2, 0.25) is 0 Å². The van der Waals surface area contributed by atoms with E-state index in [0.29, 0.717) is 0 Å². The van der Waals surface area contributed by atoms with Crippen molar-refractivity contribution >= 4 is 17.9 Å². The predicted molar refractivity (Wildman–Crippen MR) is 69.5 cm³/mol. The molecule has 0 bridgehead atoms. The lowest BCUT2D eigenvalue weighted by Gasteiger charge is -2.15. The van der Waals surface area contributed by atoms with Crippen molar-refractivity contribution in [2.75, 3.05) is 21.3 Å². The molecule has 0 N–H and O–H groups in total. The van der Waals surface area contributed by atoms with Crippen LogP contribution >= 0.6 is 0 Å². The summed E-state index contributed by atoms with van der Waals surface area (Å²) in [6.45, 7) is 0. The zero-order valence-electron chi connectivity index (χ0n) is 11.7. The molecule has 0 saturated carbocycles. The van der Waals surface area contributed by atoms with Crippen LogP contribution in [0.4, 0.5) is 0 Å². The quantitative estimate of drug-likeness (QED) is 0.603. The molecule has 0 spiro atoms. The zero-order valence-corrected chi connectivity index (χ0v) is 11.7. The molecule has 0 aromatic heterocycles. The SMILES string of the molecule is COC(=O)c1cccc(C(=O)OC)c1C(C#N)C(=O)OC. The Labute approximate surface area is 121 Å². The van der Waals surface area contributed by atoms with Crippen molar-refractivity contribution in [3.63, 3.8) is 0 Å². The molecule has 0 aliphatic carbocycles. The molecule has 0 radical (unpaired) electrons. The minimum atomic E-state index is -1.45. The van der Waals surface area contributed by atoms with Gasteiger partial charge in [-0.25, -0.2) is 9.59 Å². The Bertz CT molecular complexity index is 582. The molecule has 1 aromatic carbocycles. The number of hydrogen-bond donors (Lipinski definition) is 0. The lowest BCUT2D eigenvalue weighted by molar-refractivity contribution is -0.141. The fourth-order valence-corrected chi connectivity index (χ4v) is 1.81. The summed E-state index contributed by atoms with van der Waals surface area (Å²) in [7, 11) is 3.40. The molecule has 1 atom stereocenters. The van der Waals surface area contributed by atoms with E-state index in [9.17, 15) is 19.6 Å². The highest BCUT2D eigenvalue weighted by molar-refractivity contribution is 6.01. The average Bonchev–Trinajstić information content (AvgIpc) is 2.53. The average molecular weight is 291 g/mol. The first-order chi connectivity index (χ1) is 10.0. The number of methoxy groups -OCH3 is 3. The van der Waals surface area contributed by atoms with Crippen LogP contribution in [0.25, 0.3) is 0 Å². The number of rotatable bonds is 4. The number of ether oxygens (including phenoxy) is 3. The van der Waals surface area contributed by atoms with Crippen molar-refractivity contribution in [2.45, 2.75) is 5.92 Å². The van der Waals surface area contributed by atoms with Crippen molar-refractivity contribution in [3.05, 3.63) is 34.9 Å². The van der Waals surface area contributed by atoms with Crippen molar-refractivity contribution in [2.24, 2.45) is 0 Å². The molecule has 1 aromatic rings. The molecule has 7 nitrogen and oxygen atoms in total. The standard InChI is InChI=1S/C14H13NO6/c1-19-12(16)8-5-4-6-9(13(17)20-2)11(8)10(7-15)14(18)21-3/h4-6,10H,1-3H3. The third kappa shape index (κ3) is 3.17. The molecular weight excluding hydrogens is 278 g/mol. The Hall–Kier alpha value is -2.88. The van der Waals surface area contributed by atoms with Gasteiger partial charge in [0.05, 0.1) is 38.5 Å². The summed E-state index contributed by atoms with van der Waals surface area (Å²) in [5.74, 6) is -3.89. The van der Waals surface area contributed by atoms with E-state index in [0.717, 1.165) is 21.3 Å². The molecule has 0 saturated heterocycles. The lowest BCUT2D eigenvalue weighted by atomic mass is 9.90. The maximum atomic E-state index is 11.8. The minimum Gasteiger partial charge on any atom is -0.468 e. The number of benzene rings is 1. The number of nitriles is 1. The molecule has 0 amide bonds. The van der Waals surface area contributed by atoms with Gasteiger partial charge < -0.3 is 14.2 Å². The third-order valence-corrected chi connectivity index (χ3v) is 2.77. The van der Waals surface area contributed by atoms with Gasteiger partial charge in [-0.05, 0) is 12.1 Å². The van der Waals surface area contributed by atoms with Crippen LogP contribution < -0.4 is 0 Å². The summed E-state index contributed by atoms with van der Waals surface area (Å²) in [5.41, 5.74) is -0.236. The van der Waals surface area contributed by atoms with Crippen molar-refractivity contribution in [3.8, 4) is 6.07 Å². The highest BCUT2D eigenvalue weighted by Gasteiger charge is 2.31. The van der Waals surface area contributed by atoms with Gasteiger partial charge in [0.2, 0.25) is 0 Å². The second kappa shape index (κ2) is 7.05. The van der Waals surface area contributed by atoms with Crippen LogP contribution in [0.5, 0.6) is 0 Å². The van der Waals surface area contributed by atoms with Crippen LogP contribution in [0, 0.1) is 11.3 Å². The zero-order chi connectivity index (χ0) is 16.0. The van der Waals surface area contributed by atoms with Crippen molar-refractivity contribution in [1.29, 1.82) is 5.26 Å². The van der Waals surface area contributed by atoms with E-state index in [1.807, 2.05) is 0 Å². The molecule has 21 heavy (non-hydrogen) atoms. The van der Waals surface area contributed by atoms with Crippen molar-refractivity contribution < 1.29 is 28.6 Å². The summed E-state index contributed by atoms with van der Waals surface area (Å²) >= 11 is 0. The monoisotopic (exact) mass is 291 g/mol. The van der Waals surface area contributed by atoms with Gasteiger partial charge in [0.15, 0.2) is 5.92 Å². The summed E-state index contributed by atoms with van der Waals surface area (Å²) in [5, 5.41) is 9.18. The van der Waals surface area contributed by atoms with E-state index in [2.05, 4.69) is 14.2 Å². The first-order valence-electron chi connectivity index (χ1n) is 5.78. The fraction of sp³-hybridized carbons (Fsp3) is 0.286. The Kier molecular flexibility index (Phi) is 5.43. The van der Waals surface area contributed by atoms with E-state index >= 15 is 0 Å². The molecule has 7 heteroatoms. The number of esters is 3. The molecule has 110 valence electrons. The van der Waals surface area contributed by atoms with E-state index in [1.54, 1.807) is 6.07 Å². The summed E-state index contributed by atoms with van der Waals surface area (Å²) in [6.07, 6.45) is 0. The van der Waals surface area contributed by atoms with Crippen LogP contribution in [0.3, 0.4) is 0 Å². The Morgan fingerprint density at radius 1 is 1.00 bits per heavy atom. The fourth-order valence-electron chi connectivity index (χ4n) is 1.81. The lowest BCUT2D eigenvalue weighted by Crippen LogP contribution is -2.21. The van der Waals surface area contributed by atoms with E-state index in [-0.39, 0.29) is 16.7 Å². The number of carbonyl (C=O) groups excluding carboxylic acids is 3. The molecule has 1 rings (SSSR count). The topological polar surface area (TPSA) is 103 Å². The van der Waals surface area contributed by atoms with Gasteiger partial charge >= 0.3 is 17.9 Å². The van der Waals surface area contributed by atoms with Crippen molar-refractivity contribution in [1.82, 2.24) is 0 Å². The molecule has 0 aliphatic heterocycles. The van der Waals surface area contributed by atoms with E-state index < -0.39 is 23.8 Å². The largest absolute Gasteiger partial charge is 0.468 e. The Morgan fingerprint density at radius 3 is 1.81 bits per heavy atom. The first-order valence-corrected chi connectivity index (χ1v) is 5.78. The van der Waals surface area contributed by atoms with Gasteiger partial charge in [-0.1, -0.05) is 6.07 Å². The molecule has 0 heterocycles. The summed E-state index contributed by atoms with van der Waals surface area (Å²) in [6, 6.07) is 5.84. The van der Waals surface area contributed by atoms with Gasteiger partial charge in [-0.15, -0.1) is 0 Å². The normalized spacial score (nSPS) is 11.0. The Balaban J connectivity index is 3.63.